The summed E-state index contributed by atoms with van der Waals surface area (Å²) in [5.41, 5.74) is 6.89. The molecule has 0 unspecified atom stereocenters. The van der Waals surface area contributed by atoms with Crippen LogP contribution in [0.25, 0.3) is 5.69 Å². The second kappa shape index (κ2) is 13.7. The fourth-order valence-corrected chi connectivity index (χ4v) is 4.88. The fourth-order valence-electron chi connectivity index (χ4n) is 4.88. The summed E-state index contributed by atoms with van der Waals surface area (Å²) in [6, 6.07) is 12.0. The Morgan fingerprint density at radius 2 is 1.95 bits per heavy atom. The molecule has 2 amide bonds. The summed E-state index contributed by atoms with van der Waals surface area (Å²) in [4.78, 5) is 35.3. The lowest BCUT2D eigenvalue weighted by atomic mass is 9.95. The van der Waals surface area contributed by atoms with E-state index in [1.807, 2.05) is 24.5 Å². The molecule has 0 spiro atoms. The summed E-state index contributed by atoms with van der Waals surface area (Å²) in [6.07, 6.45) is 0.363. The lowest BCUT2D eigenvalue weighted by molar-refractivity contribution is -0.384. The van der Waals surface area contributed by atoms with E-state index in [2.05, 4.69) is 21.2 Å². The SMILES string of the molecule is CCOc1cc([C@@H]2NC(=O)NC(C)=C2C(=O)OC)ccc1OC[C@@H](O)N/N=C\c1cc(C)n(-c2cccc([N+](=O)[O-])c2)c1C. The van der Waals surface area contributed by atoms with Gasteiger partial charge in [-0.15, -0.1) is 0 Å². The molecule has 0 radical (unpaired) electrons. The Hall–Kier alpha value is -5.37. The second-order valence-corrected chi connectivity index (χ2v) is 9.85. The van der Waals surface area contributed by atoms with Gasteiger partial charge in [0, 0.05) is 34.8 Å². The molecule has 0 fully saturated rings. The van der Waals surface area contributed by atoms with E-state index in [1.54, 1.807) is 50.4 Å². The summed E-state index contributed by atoms with van der Waals surface area (Å²) in [5.74, 6) is 0.101. The van der Waals surface area contributed by atoms with Gasteiger partial charge in [0.2, 0.25) is 0 Å². The number of amides is 2. The van der Waals surface area contributed by atoms with E-state index in [0.29, 0.717) is 35.1 Å². The molecular formula is C30H34N6O8. The number of aliphatic hydroxyl groups is 1. The zero-order chi connectivity index (χ0) is 32.0. The summed E-state index contributed by atoms with van der Waals surface area (Å²) in [6.45, 7) is 7.30. The third-order valence-electron chi connectivity index (χ3n) is 6.87. The highest BCUT2D eigenvalue weighted by molar-refractivity contribution is 5.95. The maximum absolute atomic E-state index is 12.4. The fraction of sp³-hybridized carbons (Fsp3) is 0.300. The minimum atomic E-state index is -1.18. The van der Waals surface area contributed by atoms with E-state index in [4.69, 9.17) is 14.2 Å². The number of nitro groups is 1. The summed E-state index contributed by atoms with van der Waals surface area (Å²) >= 11 is 0. The molecule has 232 valence electrons. The first-order valence-corrected chi connectivity index (χ1v) is 13.7. The Morgan fingerprint density at radius 1 is 1.18 bits per heavy atom. The number of allylic oxidation sites excluding steroid dienone is 1. The van der Waals surface area contributed by atoms with Crippen molar-refractivity contribution in [2.75, 3.05) is 20.3 Å². The Kier molecular flexibility index (Phi) is 9.85. The molecule has 0 saturated heterocycles. The van der Waals surface area contributed by atoms with Crippen LogP contribution in [0.2, 0.25) is 0 Å². The number of aromatic nitrogens is 1. The molecule has 1 aliphatic heterocycles. The highest BCUT2D eigenvalue weighted by Gasteiger charge is 2.32. The second-order valence-electron chi connectivity index (χ2n) is 9.85. The van der Waals surface area contributed by atoms with E-state index in [9.17, 15) is 24.8 Å². The van der Waals surface area contributed by atoms with E-state index >= 15 is 0 Å². The summed E-state index contributed by atoms with van der Waals surface area (Å²) in [5, 5.41) is 31.1. The number of ether oxygens (including phenoxy) is 3. The molecule has 0 aliphatic carbocycles. The van der Waals surface area contributed by atoms with Gasteiger partial charge in [0.05, 0.1) is 42.2 Å². The predicted molar refractivity (Wildman–Crippen MR) is 161 cm³/mol. The molecule has 14 heteroatoms. The van der Waals surface area contributed by atoms with Gasteiger partial charge in [-0.2, -0.15) is 5.10 Å². The number of nitrogens with one attached hydrogen (secondary N) is 3. The van der Waals surface area contributed by atoms with Crippen molar-refractivity contribution in [1.82, 2.24) is 20.6 Å². The monoisotopic (exact) mass is 606 g/mol. The van der Waals surface area contributed by atoms with E-state index in [1.165, 1.54) is 19.2 Å². The zero-order valence-electron chi connectivity index (χ0n) is 24.9. The Bertz CT molecular complexity index is 1630. The van der Waals surface area contributed by atoms with Crippen LogP contribution in [0.5, 0.6) is 11.5 Å². The van der Waals surface area contributed by atoms with Gasteiger partial charge in [0.1, 0.15) is 6.61 Å². The third-order valence-corrected chi connectivity index (χ3v) is 6.87. The number of non-ortho nitro benzene ring substituents is 1. The van der Waals surface area contributed by atoms with Gasteiger partial charge < -0.3 is 34.5 Å². The molecule has 14 nitrogen and oxygen atoms in total. The van der Waals surface area contributed by atoms with E-state index in [-0.39, 0.29) is 17.9 Å². The molecule has 0 bridgehead atoms. The molecular weight excluding hydrogens is 572 g/mol. The molecule has 3 aromatic rings. The standard InChI is InChI=1S/C30H34N6O8/c1-6-43-25-13-20(28-27(29(38)42-5)18(3)32-30(39)33-28)10-11-24(25)44-16-26(37)34-31-15-21-12-17(2)35(19(21)4)22-8-7-9-23(14-22)36(40)41/h7-15,26,28,34,37H,6,16H2,1-5H3,(H2,32,33,39)/b31-15-/t26-,28+/m1/s1. The zero-order valence-corrected chi connectivity index (χ0v) is 24.9. The summed E-state index contributed by atoms with van der Waals surface area (Å²) in [7, 11) is 1.26. The largest absolute Gasteiger partial charge is 0.490 e. The van der Waals surface area contributed by atoms with Crippen LogP contribution in [0.4, 0.5) is 10.5 Å². The van der Waals surface area contributed by atoms with Crippen molar-refractivity contribution >= 4 is 23.9 Å². The maximum Gasteiger partial charge on any atom is 0.337 e. The normalized spacial score (nSPS) is 15.4. The van der Waals surface area contributed by atoms with Crippen molar-refractivity contribution < 1.29 is 33.8 Å². The molecule has 0 saturated carbocycles. The smallest absolute Gasteiger partial charge is 0.337 e. The minimum absolute atomic E-state index is 0.00641. The van der Waals surface area contributed by atoms with Crippen LogP contribution >= 0.6 is 0 Å². The number of aryl methyl sites for hydroxylation is 1. The van der Waals surface area contributed by atoms with Crippen molar-refractivity contribution in [1.29, 1.82) is 0 Å². The predicted octanol–water partition coefficient (Wildman–Crippen LogP) is 3.52. The Morgan fingerprint density at radius 3 is 2.66 bits per heavy atom. The van der Waals surface area contributed by atoms with Crippen molar-refractivity contribution in [3.63, 3.8) is 0 Å². The third kappa shape index (κ3) is 6.98. The number of carbonyl (C=O) groups excluding carboxylic acids is 2. The van der Waals surface area contributed by atoms with Gasteiger partial charge in [-0.3, -0.25) is 15.5 Å². The first-order chi connectivity index (χ1) is 21.0. The average molecular weight is 607 g/mol. The number of nitrogens with zero attached hydrogens (tertiary/aromatic N) is 3. The van der Waals surface area contributed by atoms with Gasteiger partial charge in [-0.25, -0.2) is 9.59 Å². The van der Waals surface area contributed by atoms with Crippen LogP contribution in [0, 0.1) is 24.0 Å². The highest BCUT2D eigenvalue weighted by Crippen LogP contribution is 2.35. The first kappa shape index (κ1) is 31.6. The number of carbonyl (C=O) groups is 2. The number of aliphatic hydroxyl groups excluding tert-OH is 1. The first-order valence-electron chi connectivity index (χ1n) is 13.7. The van der Waals surface area contributed by atoms with Crippen LogP contribution in [-0.4, -0.2) is 59.4 Å². The molecule has 4 N–H and O–H groups in total. The van der Waals surface area contributed by atoms with Gasteiger partial charge in [0.15, 0.2) is 17.7 Å². The highest BCUT2D eigenvalue weighted by atomic mass is 16.6. The van der Waals surface area contributed by atoms with Crippen LogP contribution in [0.15, 0.2) is 64.9 Å². The summed E-state index contributed by atoms with van der Waals surface area (Å²) < 4.78 is 18.3. The van der Waals surface area contributed by atoms with Gasteiger partial charge >= 0.3 is 12.0 Å². The average Bonchev–Trinajstić information content (AvgIpc) is 3.28. The van der Waals surface area contributed by atoms with Crippen LogP contribution in [0.1, 0.15) is 42.4 Å². The van der Waals surface area contributed by atoms with Crippen LogP contribution in [-0.2, 0) is 9.53 Å². The van der Waals surface area contributed by atoms with E-state index in [0.717, 1.165) is 17.0 Å². The number of esters is 1. The lowest BCUT2D eigenvalue weighted by Gasteiger charge is -2.28. The molecule has 4 rings (SSSR count). The Balaban J connectivity index is 1.44. The number of methoxy groups -OCH3 is 1. The van der Waals surface area contributed by atoms with Crippen LogP contribution in [0.3, 0.4) is 0 Å². The topological polar surface area (TPSA) is 179 Å². The Labute approximate surface area is 253 Å². The molecule has 2 atom stereocenters. The van der Waals surface area contributed by atoms with Gasteiger partial charge in [-0.05, 0) is 57.5 Å². The van der Waals surface area contributed by atoms with Crippen molar-refractivity contribution in [3.8, 4) is 17.2 Å². The van der Waals surface area contributed by atoms with Gasteiger partial charge in [-0.1, -0.05) is 12.1 Å². The molecule has 1 aromatic heterocycles. The number of rotatable bonds is 12. The minimum Gasteiger partial charge on any atom is -0.490 e. The maximum atomic E-state index is 12.4. The van der Waals surface area contributed by atoms with Crippen molar-refractivity contribution in [3.05, 3.63) is 92.4 Å². The quantitative estimate of drug-likeness (QED) is 0.0789. The number of nitro benzene ring substituents is 1. The van der Waals surface area contributed by atoms with Crippen LogP contribution < -0.4 is 25.5 Å². The molecule has 44 heavy (non-hydrogen) atoms. The molecule has 1 aliphatic rings. The lowest BCUT2D eigenvalue weighted by Crippen LogP contribution is -2.45. The number of hydrogen-bond acceptors (Lipinski definition) is 10. The number of hydrazone groups is 1. The number of benzene rings is 2. The van der Waals surface area contributed by atoms with Gasteiger partial charge in [0.25, 0.3) is 5.69 Å². The number of urea groups is 1. The molecule has 2 heterocycles. The van der Waals surface area contributed by atoms with Crippen molar-refractivity contribution in [2.24, 2.45) is 5.10 Å². The van der Waals surface area contributed by atoms with E-state index < -0.39 is 29.2 Å². The number of hydrogen-bond donors (Lipinski definition) is 4. The molecule has 2 aromatic carbocycles. The van der Waals surface area contributed by atoms with Crippen molar-refractivity contribution in [2.45, 2.75) is 40.0 Å².